The summed E-state index contributed by atoms with van der Waals surface area (Å²) in [4.78, 5) is 23.7. The number of aromatic nitrogens is 4. The van der Waals surface area contributed by atoms with Gasteiger partial charge in [0, 0.05) is 6.54 Å². The molecule has 1 aromatic carbocycles. The molecule has 0 saturated heterocycles. The summed E-state index contributed by atoms with van der Waals surface area (Å²) in [6, 6.07) is 5.06. The fraction of sp³-hybridized carbons (Fsp3) is 0.438. The van der Waals surface area contributed by atoms with Crippen LogP contribution in [0.2, 0.25) is 0 Å². The van der Waals surface area contributed by atoms with E-state index in [1.165, 1.54) is 16.4 Å². The largest absolute Gasteiger partial charge is 0.494 e. The second-order valence-corrected chi connectivity index (χ2v) is 6.46. The standard InChI is InChI=1S/C16H22N6O3S/c1-5-17-15(24)11(3)18-14(23)9-26-16-19-20-21-22(16)12-8-10(2)6-7-13(12)25-4/h6-8,11H,5,9H2,1-4H3,(H,17,24)(H,18,23)/t11-/m0/s1. The highest BCUT2D eigenvalue weighted by atomic mass is 32.2. The summed E-state index contributed by atoms with van der Waals surface area (Å²) in [6.45, 7) is 5.92. The summed E-state index contributed by atoms with van der Waals surface area (Å²) in [7, 11) is 1.57. The summed E-state index contributed by atoms with van der Waals surface area (Å²) in [5, 5.41) is 17.4. The Hall–Kier alpha value is -2.62. The topological polar surface area (TPSA) is 111 Å². The van der Waals surface area contributed by atoms with E-state index in [9.17, 15) is 9.59 Å². The first-order chi connectivity index (χ1) is 12.5. The lowest BCUT2D eigenvalue weighted by atomic mass is 10.2. The number of aryl methyl sites for hydroxylation is 1. The zero-order valence-corrected chi connectivity index (χ0v) is 16.0. The Kier molecular flexibility index (Phi) is 6.96. The number of benzene rings is 1. The van der Waals surface area contributed by atoms with Crippen LogP contribution in [0.25, 0.3) is 5.69 Å². The van der Waals surface area contributed by atoms with Gasteiger partial charge in [-0.2, -0.15) is 4.68 Å². The lowest BCUT2D eigenvalue weighted by Crippen LogP contribution is -2.45. The zero-order valence-electron chi connectivity index (χ0n) is 15.1. The minimum atomic E-state index is -0.601. The summed E-state index contributed by atoms with van der Waals surface area (Å²) < 4.78 is 6.88. The molecule has 0 fully saturated rings. The van der Waals surface area contributed by atoms with Crippen molar-refractivity contribution in [3.63, 3.8) is 0 Å². The average Bonchev–Trinajstić information content (AvgIpc) is 3.08. The fourth-order valence-electron chi connectivity index (χ4n) is 2.19. The molecule has 0 unspecified atom stereocenters. The molecule has 26 heavy (non-hydrogen) atoms. The monoisotopic (exact) mass is 378 g/mol. The van der Waals surface area contributed by atoms with E-state index in [2.05, 4.69) is 26.2 Å². The molecule has 1 atom stereocenters. The smallest absolute Gasteiger partial charge is 0.242 e. The van der Waals surface area contributed by atoms with Gasteiger partial charge in [0.1, 0.15) is 17.5 Å². The molecule has 2 amide bonds. The van der Waals surface area contributed by atoms with Gasteiger partial charge in [-0.1, -0.05) is 17.8 Å². The van der Waals surface area contributed by atoms with Gasteiger partial charge in [0.25, 0.3) is 0 Å². The first-order valence-electron chi connectivity index (χ1n) is 8.09. The normalized spacial score (nSPS) is 11.7. The van der Waals surface area contributed by atoms with E-state index in [4.69, 9.17) is 4.74 Å². The third-order valence-corrected chi connectivity index (χ3v) is 4.38. The second kappa shape index (κ2) is 9.18. The van der Waals surface area contributed by atoms with E-state index < -0.39 is 6.04 Å². The van der Waals surface area contributed by atoms with E-state index in [1.807, 2.05) is 32.0 Å². The maximum Gasteiger partial charge on any atom is 0.242 e. The van der Waals surface area contributed by atoms with Gasteiger partial charge in [-0.05, 0) is 48.9 Å². The van der Waals surface area contributed by atoms with E-state index in [1.54, 1.807) is 14.0 Å². The molecular weight excluding hydrogens is 356 g/mol. The van der Waals surface area contributed by atoms with Crippen LogP contribution in [0.4, 0.5) is 0 Å². The molecule has 2 rings (SSSR count). The summed E-state index contributed by atoms with van der Waals surface area (Å²) in [5.41, 5.74) is 1.72. The molecule has 0 aliphatic rings. The average molecular weight is 378 g/mol. The molecule has 1 aromatic heterocycles. The first-order valence-corrected chi connectivity index (χ1v) is 9.08. The molecule has 2 N–H and O–H groups in total. The molecule has 10 heteroatoms. The Balaban J connectivity index is 2.05. The highest BCUT2D eigenvalue weighted by Gasteiger charge is 2.18. The Morgan fingerprint density at radius 3 is 2.85 bits per heavy atom. The molecule has 140 valence electrons. The van der Waals surface area contributed by atoms with Crippen molar-refractivity contribution in [1.29, 1.82) is 0 Å². The third-order valence-electron chi connectivity index (χ3n) is 3.46. The van der Waals surface area contributed by atoms with Crippen molar-refractivity contribution >= 4 is 23.6 Å². The van der Waals surface area contributed by atoms with Crippen molar-refractivity contribution in [3.05, 3.63) is 23.8 Å². The van der Waals surface area contributed by atoms with E-state index in [-0.39, 0.29) is 17.6 Å². The van der Waals surface area contributed by atoms with E-state index in [0.717, 1.165) is 5.56 Å². The molecule has 0 bridgehead atoms. The van der Waals surface area contributed by atoms with Crippen molar-refractivity contribution in [2.75, 3.05) is 19.4 Å². The number of ether oxygens (including phenoxy) is 1. The molecule has 0 aliphatic carbocycles. The predicted octanol–water partition coefficient (Wildman–Crippen LogP) is 0.712. The number of thioether (sulfide) groups is 1. The van der Waals surface area contributed by atoms with Crippen LogP contribution in [0.15, 0.2) is 23.4 Å². The molecular formula is C16H22N6O3S. The van der Waals surface area contributed by atoms with Crippen molar-refractivity contribution < 1.29 is 14.3 Å². The molecule has 9 nitrogen and oxygen atoms in total. The highest BCUT2D eigenvalue weighted by Crippen LogP contribution is 2.26. The second-order valence-electron chi connectivity index (χ2n) is 5.52. The van der Waals surface area contributed by atoms with Crippen LogP contribution >= 0.6 is 11.8 Å². The highest BCUT2D eigenvalue weighted by molar-refractivity contribution is 7.99. The van der Waals surface area contributed by atoms with Crippen LogP contribution < -0.4 is 15.4 Å². The first kappa shape index (κ1) is 19.7. The van der Waals surface area contributed by atoms with Gasteiger partial charge in [-0.25, -0.2) is 0 Å². The van der Waals surface area contributed by atoms with Crippen LogP contribution in [0.1, 0.15) is 19.4 Å². The number of carbonyl (C=O) groups excluding carboxylic acids is 2. The van der Waals surface area contributed by atoms with Crippen LogP contribution in [0.5, 0.6) is 5.75 Å². The number of nitrogens with zero attached hydrogens (tertiary/aromatic N) is 4. The van der Waals surface area contributed by atoms with Gasteiger partial charge >= 0.3 is 0 Å². The molecule has 0 aliphatic heterocycles. The number of tetrazole rings is 1. The van der Waals surface area contributed by atoms with Crippen molar-refractivity contribution in [1.82, 2.24) is 30.8 Å². The summed E-state index contributed by atoms with van der Waals surface area (Å²) in [5.74, 6) is 0.205. The van der Waals surface area contributed by atoms with Crippen LogP contribution in [-0.2, 0) is 9.59 Å². The van der Waals surface area contributed by atoms with Crippen LogP contribution in [0, 0.1) is 6.92 Å². The van der Waals surface area contributed by atoms with Gasteiger partial charge in [0.15, 0.2) is 0 Å². The SMILES string of the molecule is CCNC(=O)[C@H](C)NC(=O)CSc1nnnn1-c1cc(C)ccc1OC. The fourth-order valence-corrected chi connectivity index (χ4v) is 2.89. The minimum absolute atomic E-state index is 0.0816. The summed E-state index contributed by atoms with van der Waals surface area (Å²) >= 11 is 1.18. The number of amides is 2. The number of methoxy groups -OCH3 is 1. The van der Waals surface area contributed by atoms with Crippen molar-refractivity contribution in [3.8, 4) is 11.4 Å². The molecule has 2 aromatic rings. The van der Waals surface area contributed by atoms with Gasteiger partial charge < -0.3 is 15.4 Å². The third kappa shape index (κ3) is 4.94. The zero-order chi connectivity index (χ0) is 19.1. The Labute approximate surface area is 155 Å². The van der Waals surface area contributed by atoms with Crippen LogP contribution in [0.3, 0.4) is 0 Å². The Morgan fingerprint density at radius 2 is 2.15 bits per heavy atom. The lowest BCUT2D eigenvalue weighted by molar-refractivity contribution is -0.127. The number of carbonyl (C=O) groups is 2. The maximum absolute atomic E-state index is 12.1. The number of likely N-dealkylation sites (N-methyl/N-ethyl adjacent to an activating group) is 1. The van der Waals surface area contributed by atoms with E-state index >= 15 is 0 Å². The van der Waals surface area contributed by atoms with Gasteiger partial charge in [-0.3, -0.25) is 9.59 Å². The molecule has 1 heterocycles. The number of hydrogen-bond acceptors (Lipinski definition) is 7. The predicted molar refractivity (Wildman–Crippen MR) is 97.5 cm³/mol. The van der Waals surface area contributed by atoms with Gasteiger partial charge in [0.05, 0.1) is 12.9 Å². The summed E-state index contributed by atoms with van der Waals surface area (Å²) in [6.07, 6.45) is 0. The van der Waals surface area contributed by atoms with Crippen LogP contribution in [-0.4, -0.2) is 57.5 Å². The molecule has 0 radical (unpaired) electrons. The Bertz CT molecular complexity index is 779. The number of hydrogen-bond donors (Lipinski definition) is 2. The van der Waals surface area contributed by atoms with E-state index in [0.29, 0.717) is 23.1 Å². The van der Waals surface area contributed by atoms with Gasteiger partial charge in [-0.15, -0.1) is 5.10 Å². The van der Waals surface area contributed by atoms with Gasteiger partial charge in [0.2, 0.25) is 17.0 Å². The lowest BCUT2D eigenvalue weighted by Gasteiger charge is -2.13. The van der Waals surface area contributed by atoms with Crippen molar-refractivity contribution in [2.45, 2.75) is 32.0 Å². The minimum Gasteiger partial charge on any atom is -0.494 e. The van der Waals surface area contributed by atoms with Crippen molar-refractivity contribution in [2.24, 2.45) is 0 Å². The molecule has 0 saturated carbocycles. The quantitative estimate of drug-likeness (QED) is 0.651. The molecule has 0 spiro atoms. The Morgan fingerprint density at radius 1 is 1.38 bits per heavy atom. The maximum atomic E-state index is 12.1. The number of rotatable bonds is 8. The number of nitrogens with one attached hydrogen (secondary N) is 2.